The van der Waals surface area contributed by atoms with Crippen LogP contribution in [0.5, 0.6) is 0 Å². The summed E-state index contributed by atoms with van der Waals surface area (Å²) >= 11 is 0. The average molecular weight is 534 g/mol. The van der Waals surface area contributed by atoms with Crippen LogP contribution in [0.2, 0.25) is 0 Å². The lowest BCUT2D eigenvalue weighted by molar-refractivity contribution is 0.396. The molecule has 3 rings (SSSR count). The summed E-state index contributed by atoms with van der Waals surface area (Å²) in [6.07, 6.45) is 22.2. The Hall–Kier alpha value is -1.59. The van der Waals surface area contributed by atoms with E-state index in [1.807, 2.05) is 36.4 Å². The van der Waals surface area contributed by atoms with Gasteiger partial charge in [0.25, 0.3) is 0 Å². The zero-order valence-electron chi connectivity index (χ0n) is 24.6. The molecule has 2 aromatic rings. The molecule has 214 valence electrons. The molecular formula is C33H52B2O4. The maximum absolute atomic E-state index is 10.0. The molecular weight excluding hydrogens is 482 g/mol. The molecule has 0 aromatic heterocycles. The average Bonchev–Trinajstić information content (AvgIpc) is 3.20. The van der Waals surface area contributed by atoms with E-state index in [1.165, 1.54) is 101 Å². The summed E-state index contributed by atoms with van der Waals surface area (Å²) in [6, 6.07) is 11.7. The van der Waals surface area contributed by atoms with Crippen molar-refractivity contribution in [2.45, 2.75) is 135 Å². The molecule has 6 heteroatoms. The van der Waals surface area contributed by atoms with Crippen molar-refractivity contribution in [3.63, 3.8) is 0 Å². The smallest absolute Gasteiger partial charge is 0.423 e. The van der Waals surface area contributed by atoms with Crippen molar-refractivity contribution in [1.82, 2.24) is 0 Å². The van der Waals surface area contributed by atoms with Gasteiger partial charge in [0.1, 0.15) is 0 Å². The summed E-state index contributed by atoms with van der Waals surface area (Å²) in [6.45, 7) is 4.51. The van der Waals surface area contributed by atoms with Crippen molar-refractivity contribution >= 4 is 25.2 Å². The first-order chi connectivity index (χ1) is 18.9. The fourth-order valence-electron chi connectivity index (χ4n) is 6.64. The number of hydrogen-bond acceptors (Lipinski definition) is 4. The van der Waals surface area contributed by atoms with Gasteiger partial charge in [-0.2, -0.15) is 0 Å². The van der Waals surface area contributed by atoms with Gasteiger partial charge in [-0.15, -0.1) is 0 Å². The summed E-state index contributed by atoms with van der Waals surface area (Å²) in [7, 11) is -3.00. The molecule has 0 atom stereocenters. The predicted octanol–water partition coefficient (Wildman–Crippen LogP) is 6.37. The SMILES string of the molecule is CCCCCCCCCCC1(CCCCCCCCCC)c2cc(B(O)O)ccc2-c2ccc(B(O)O)cc21. The summed E-state index contributed by atoms with van der Waals surface area (Å²) in [5, 5.41) is 40.1. The summed E-state index contributed by atoms with van der Waals surface area (Å²) in [5.41, 5.74) is 5.46. The summed E-state index contributed by atoms with van der Waals surface area (Å²) < 4.78 is 0. The Bertz CT molecular complexity index is 912. The Labute approximate surface area is 238 Å². The third kappa shape index (κ3) is 8.70. The number of unbranched alkanes of at least 4 members (excludes halogenated alkanes) is 14. The summed E-state index contributed by atoms with van der Waals surface area (Å²) in [4.78, 5) is 0. The second-order valence-electron chi connectivity index (χ2n) is 11.9. The van der Waals surface area contributed by atoms with Crippen LogP contribution in [0.25, 0.3) is 11.1 Å². The lowest BCUT2D eigenvalue weighted by Crippen LogP contribution is -2.34. The van der Waals surface area contributed by atoms with Crippen LogP contribution in [0.15, 0.2) is 36.4 Å². The van der Waals surface area contributed by atoms with E-state index < -0.39 is 14.2 Å². The zero-order valence-corrected chi connectivity index (χ0v) is 24.6. The van der Waals surface area contributed by atoms with Crippen LogP contribution in [-0.4, -0.2) is 34.3 Å². The first-order valence-corrected chi connectivity index (χ1v) is 16.0. The Kier molecular flexibility index (Phi) is 13.6. The quantitative estimate of drug-likeness (QED) is 0.118. The fraction of sp³-hybridized carbons (Fsp3) is 0.636. The highest BCUT2D eigenvalue weighted by Crippen LogP contribution is 2.53. The van der Waals surface area contributed by atoms with Gasteiger partial charge in [0.2, 0.25) is 0 Å². The van der Waals surface area contributed by atoms with E-state index in [1.54, 1.807) is 0 Å². The van der Waals surface area contributed by atoms with Crippen molar-refractivity contribution in [1.29, 1.82) is 0 Å². The Morgan fingerprint density at radius 2 is 0.821 bits per heavy atom. The van der Waals surface area contributed by atoms with E-state index in [2.05, 4.69) is 13.8 Å². The number of benzene rings is 2. The Morgan fingerprint density at radius 1 is 0.487 bits per heavy atom. The van der Waals surface area contributed by atoms with Gasteiger partial charge >= 0.3 is 14.2 Å². The van der Waals surface area contributed by atoms with Gasteiger partial charge in [-0.3, -0.25) is 0 Å². The molecule has 39 heavy (non-hydrogen) atoms. The van der Waals surface area contributed by atoms with E-state index in [9.17, 15) is 20.1 Å². The summed E-state index contributed by atoms with van der Waals surface area (Å²) in [5.74, 6) is 0. The second-order valence-corrected chi connectivity index (χ2v) is 11.9. The third-order valence-electron chi connectivity index (χ3n) is 8.92. The zero-order chi connectivity index (χ0) is 28.1. The lowest BCUT2D eigenvalue weighted by atomic mass is 9.67. The van der Waals surface area contributed by atoms with Gasteiger partial charge in [-0.05, 0) is 46.0 Å². The molecule has 2 aromatic carbocycles. The van der Waals surface area contributed by atoms with Crippen LogP contribution in [0.3, 0.4) is 0 Å². The molecule has 0 saturated carbocycles. The minimum Gasteiger partial charge on any atom is -0.423 e. The largest absolute Gasteiger partial charge is 0.488 e. The highest BCUT2D eigenvalue weighted by Gasteiger charge is 2.43. The Balaban J connectivity index is 1.84. The molecule has 0 heterocycles. The highest BCUT2D eigenvalue weighted by atomic mass is 16.4. The number of rotatable bonds is 20. The van der Waals surface area contributed by atoms with Crippen LogP contribution in [0.1, 0.15) is 141 Å². The van der Waals surface area contributed by atoms with Gasteiger partial charge in [0, 0.05) is 5.41 Å². The van der Waals surface area contributed by atoms with Gasteiger partial charge in [0.15, 0.2) is 0 Å². The minimum atomic E-state index is -1.50. The monoisotopic (exact) mass is 534 g/mol. The second kappa shape index (κ2) is 16.6. The maximum Gasteiger partial charge on any atom is 0.488 e. The molecule has 0 radical (unpaired) electrons. The van der Waals surface area contributed by atoms with Gasteiger partial charge in [-0.25, -0.2) is 0 Å². The first-order valence-electron chi connectivity index (χ1n) is 16.0. The Morgan fingerprint density at radius 3 is 1.15 bits per heavy atom. The number of hydrogen-bond donors (Lipinski definition) is 4. The number of fused-ring (bicyclic) bond motifs is 3. The van der Waals surface area contributed by atoms with Crippen LogP contribution in [-0.2, 0) is 5.41 Å². The molecule has 0 unspecified atom stereocenters. The molecule has 1 aliphatic rings. The van der Waals surface area contributed by atoms with Crippen molar-refractivity contribution < 1.29 is 20.1 Å². The fourth-order valence-corrected chi connectivity index (χ4v) is 6.64. The molecule has 0 saturated heterocycles. The third-order valence-corrected chi connectivity index (χ3v) is 8.92. The van der Waals surface area contributed by atoms with E-state index in [-0.39, 0.29) is 5.41 Å². The standard InChI is InChI=1S/C33H52B2O4/c1-3-5-7-9-11-13-15-17-23-33(24-18-16-14-12-10-8-6-4-2)31-25-27(34(36)37)19-21-29(31)30-22-20-28(35(38)39)26-32(30)33/h19-22,25-26,36-39H,3-18,23-24H2,1-2H3. The van der Waals surface area contributed by atoms with E-state index in [0.717, 1.165) is 36.8 Å². The molecule has 0 spiro atoms. The first kappa shape index (κ1) is 31.9. The molecule has 0 aliphatic heterocycles. The lowest BCUT2D eigenvalue weighted by Gasteiger charge is -2.33. The van der Waals surface area contributed by atoms with Gasteiger partial charge in [0.05, 0.1) is 0 Å². The molecule has 0 amide bonds. The minimum absolute atomic E-state index is 0.245. The van der Waals surface area contributed by atoms with Crippen LogP contribution >= 0.6 is 0 Å². The van der Waals surface area contributed by atoms with Crippen LogP contribution in [0, 0.1) is 0 Å². The molecule has 0 bridgehead atoms. The molecule has 4 N–H and O–H groups in total. The molecule has 0 fully saturated rings. The molecule has 4 nitrogen and oxygen atoms in total. The predicted molar refractivity (Wildman–Crippen MR) is 167 cm³/mol. The van der Waals surface area contributed by atoms with Crippen molar-refractivity contribution in [2.24, 2.45) is 0 Å². The van der Waals surface area contributed by atoms with Crippen LogP contribution in [0.4, 0.5) is 0 Å². The van der Waals surface area contributed by atoms with E-state index >= 15 is 0 Å². The van der Waals surface area contributed by atoms with Crippen LogP contribution < -0.4 is 10.9 Å². The van der Waals surface area contributed by atoms with E-state index in [0.29, 0.717) is 10.9 Å². The highest BCUT2D eigenvalue weighted by molar-refractivity contribution is 6.59. The van der Waals surface area contributed by atoms with Crippen molar-refractivity contribution in [3.8, 4) is 11.1 Å². The topological polar surface area (TPSA) is 80.9 Å². The van der Waals surface area contributed by atoms with Gasteiger partial charge in [-0.1, -0.05) is 153 Å². The van der Waals surface area contributed by atoms with Gasteiger partial charge < -0.3 is 20.1 Å². The normalized spacial score (nSPS) is 13.4. The van der Waals surface area contributed by atoms with E-state index in [4.69, 9.17) is 0 Å². The van der Waals surface area contributed by atoms with Crippen molar-refractivity contribution in [3.05, 3.63) is 47.5 Å². The van der Waals surface area contributed by atoms with Crippen molar-refractivity contribution in [2.75, 3.05) is 0 Å². The maximum atomic E-state index is 10.0. The molecule has 1 aliphatic carbocycles.